The van der Waals surface area contributed by atoms with E-state index >= 15 is 0 Å². The van der Waals surface area contributed by atoms with E-state index in [2.05, 4.69) is 52.0 Å². The average Bonchev–Trinajstić information content (AvgIpc) is 3.44. The lowest BCUT2D eigenvalue weighted by Crippen LogP contribution is -2.10. The van der Waals surface area contributed by atoms with E-state index in [1.54, 1.807) is 25.0 Å². The van der Waals surface area contributed by atoms with Gasteiger partial charge in [-0.25, -0.2) is 9.97 Å². The number of aliphatic carboxylic acids is 1. The minimum absolute atomic E-state index is 0.0270. The van der Waals surface area contributed by atoms with E-state index < -0.39 is 5.97 Å². The van der Waals surface area contributed by atoms with Crippen molar-refractivity contribution in [2.24, 2.45) is 0 Å². The Morgan fingerprint density at radius 1 is 0.943 bits per heavy atom. The summed E-state index contributed by atoms with van der Waals surface area (Å²) < 4.78 is 8.52. The van der Waals surface area contributed by atoms with E-state index in [-0.39, 0.29) is 18.8 Å². The van der Waals surface area contributed by atoms with E-state index in [4.69, 9.17) is 5.11 Å². The standard InChI is InChI=1S/C14H16N2O2.C13H14N2O2/c1-11-3-5-12(6-4-11)9-16-10-15-8-13(16)7-14(17)18-2;1-10-3-2-4-11(5-10)7-15-8-12(14-9-15)6-13(16)17/h3-6,8,10H,7,9H2,1-2H3;2-5,8-9H,6-7H2,1H3,(H,16,17). The molecule has 0 saturated heterocycles. The molecule has 4 rings (SSSR count). The Kier molecular flexibility index (Phi) is 8.95. The van der Waals surface area contributed by atoms with Gasteiger partial charge in [0.1, 0.15) is 0 Å². The number of nitrogens with zero attached hydrogens (tertiary/aromatic N) is 4. The number of benzene rings is 2. The molecule has 1 N–H and O–H groups in total. The van der Waals surface area contributed by atoms with Crippen LogP contribution in [0.15, 0.2) is 73.6 Å². The first-order chi connectivity index (χ1) is 16.8. The molecule has 2 aromatic carbocycles. The van der Waals surface area contributed by atoms with Crippen molar-refractivity contribution in [1.29, 1.82) is 0 Å². The highest BCUT2D eigenvalue weighted by molar-refractivity contribution is 5.71. The highest BCUT2D eigenvalue weighted by atomic mass is 16.5. The first-order valence-corrected chi connectivity index (χ1v) is 11.2. The predicted molar refractivity (Wildman–Crippen MR) is 132 cm³/mol. The molecule has 2 heterocycles. The summed E-state index contributed by atoms with van der Waals surface area (Å²) in [6.07, 6.45) is 7.10. The molecular formula is C27H30N4O4. The largest absolute Gasteiger partial charge is 0.481 e. The summed E-state index contributed by atoms with van der Waals surface area (Å²) in [6.45, 7) is 5.54. The highest BCUT2D eigenvalue weighted by Gasteiger charge is 2.08. The number of carboxylic acids is 1. The van der Waals surface area contributed by atoms with Gasteiger partial charge in [-0.3, -0.25) is 9.59 Å². The van der Waals surface area contributed by atoms with Gasteiger partial charge in [0, 0.05) is 31.2 Å². The first-order valence-electron chi connectivity index (χ1n) is 11.2. The number of ether oxygens (including phenoxy) is 1. The fourth-order valence-electron chi connectivity index (χ4n) is 3.51. The third-order valence-electron chi connectivity index (χ3n) is 5.29. The van der Waals surface area contributed by atoms with Crippen LogP contribution in [-0.2, 0) is 40.3 Å². The first kappa shape index (κ1) is 25.4. The van der Waals surface area contributed by atoms with Gasteiger partial charge in [0.25, 0.3) is 0 Å². The minimum Gasteiger partial charge on any atom is -0.481 e. The predicted octanol–water partition coefficient (Wildman–Crippen LogP) is 3.82. The number of methoxy groups -OCH3 is 1. The lowest BCUT2D eigenvalue weighted by Gasteiger charge is -2.07. The van der Waals surface area contributed by atoms with Gasteiger partial charge in [0.2, 0.25) is 0 Å². The van der Waals surface area contributed by atoms with Crippen molar-refractivity contribution >= 4 is 11.9 Å². The second-order valence-electron chi connectivity index (χ2n) is 8.35. The van der Waals surface area contributed by atoms with Crippen LogP contribution in [0.25, 0.3) is 0 Å². The zero-order valence-corrected chi connectivity index (χ0v) is 20.2. The Hall–Kier alpha value is -4.20. The Morgan fingerprint density at radius 3 is 2.40 bits per heavy atom. The fraction of sp³-hybridized carbons (Fsp3) is 0.259. The molecular weight excluding hydrogens is 444 g/mol. The van der Waals surface area contributed by atoms with Crippen LogP contribution >= 0.6 is 0 Å². The third kappa shape index (κ3) is 8.26. The number of carboxylic acid groups (broad SMARTS) is 1. The maximum absolute atomic E-state index is 11.3. The van der Waals surface area contributed by atoms with Gasteiger partial charge < -0.3 is 19.0 Å². The molecule has 8 nitrogen and oxygen atoms in total. The van der Waals surface area contributed by atoms with E-state index in [1.165, 1.54) is 29.4 Å². The van der Waals surface area contributed by atoms with Crippen LogP contribution in [0.4, 0.5) is 0 Å². The number of carbonyl (C=O) groups excluding carboxylic acids is 1. The molecule has 0 aliphatic heterocycles. The smallest absolute Gasteiger partial charge is 0.311 e. The van der Waals surface area contributed by atoms with Crippen molar-refractivity contribution in [2.75, 3.05) is 7.11 Å². The second kappa shape index (κ2) is 12.3. The van der Waals surface area contributed by atoms with Gasteiger partial charge in [0.15, 0.2) is 0 Å². The van der Waals surface area contributed by atoms with Crippen molar-refractivity contribution in [3.63, 3.8) is 0 Å². The maximum Gasteiger partial charge on any atom is 0.311 e. The summed E-state index contributed by atoms with van der Waals surface area (Å²) in [6, 6.07) is 16.5. The molecule has 0 aliphatic rings. The molecule has 182 valence electrons. The Labute approximate surface area is 204 Å². The quantitative estimate of drug-likeness (QED) is 0.390. The van der Waals surface area contributed by atoms with Gasteiger partial charge in [-0.15, -0.1) is 0 Å². The summed E-state index contributed by atoms with van der Waals surface area (Å²) in [5.74, 6) is -1.11. The fourth-order valence-corrected chi connectivity index (χ4v) is 3.51. The van der Waals surface area contributed by atoms with Crippen molar-refractivity contribution in [2.45, 2.75) is 39.8 Å². The van der Waals surface area contributed by atoms with Gasteiger partial charge >= 0.3 is 11.9 Å². The summed E-state index contributed by atoms with van der Waals surface area (Å²) in [7, 11) is 1.39. The number of esters is 1. The number of hydrogen-bond donors (Lipinski definition) is 1. The maximum atomic E-state index is 11.3. The molecule has 0 unspecified atom stereocenters. The van der Waals surface area contributed by atoms with Crippen LogP contribution in [0.3, 0.4) is 0 Å². The normalized spacial score (nSPS) is 10.4. The molecule has 0 atom stereocenters. The lowest BCUT2D eigenvalue weighted by atomic mass is 10.1. The van der Waals surface area contributed by atoms with E-state index in [0.29, 0.717) is 18.8 Å². The minimum atomic E-state index is -0.856. The Morgan fingerprint density at radius 2 is 1.71 bits per heavy atom. The summed E-state index contributed by atoms with van der Waals surface area (Å²) >= 11 is 0. The van der Waals surface area contributed by atoms with Crippen LogP contribution in [0.2, 0.25) is 0 Å². The van der Waals surface area contributed by atoms with Gasteiger partial charge in [-0.1, -0.05) is 59.7 Å². The zero-order chi connectivity index (χ0) is 25.2. The van der Waals surface area contributed by atoms with Crippen molar-refractivity contribution < 1.29 is 19.4 Å². The molecule has 2 aromatic heterocycles. The Balaban J connectivity index is 0.000000196. The van der Waals surface area contributed by atoms with Crippen LogP contribution in [0.1, 0.15) is 33.6 Å². The molecule has 8 heteroatoms. The number of rotatable bonds is 8. The van der Waals surface area contributed by atoms with Gasteiger partial charge in [0.05, 0.1) is 38.3 Å². The van der Waals surface area contributed by atoms with Crippen LogP contribution in [-0.4, -0.2) is 43.3 Å². The number of carbonyl (C=O) groups is 2. The third-order valence-corrected chi connectivity index (χ3v) is 5.29. The van der Waals surface area contributed by atoms with Gasteiger partial charge in [-0.2, -0.15) is 0 Å². The van der Waals surface area contributed by atoms with Crippen molar-refractivity contribution in [1.82, 2.24) is 19.1 Å². The summed E-state index contributed by atoms with van der Waals surface area (Å²) in [4.78, 5) is 29.9. The Bertz CT molecular complexity index is 1260. The number of aryl methyl sites for hydroxylation is 2. The molecule has 0 saturated carbocycles. The molecule has 0 fully saturated rings. The highest BCUT2D eigenvalue weighted by Crippen LogP contribution is 2.09. The van der Waals surface area contributed by atoms with Crippen LogP contribution in [0.5, 0.6) is 0 Å². The molecule has 4 aromatic rings. The topological polar surface area (TPSA) is 99.2 Å². The average molecular weight is 475 g/mol. The molecule has 35 heavy (non-hydrogen) atoms. The van der Waals surface area contributed by atoms with E-state index in [0.717, 1.165) is 5.69 Å². The lowest BCUT2D eigenvalue weighted by molar-refractivity contribution is -0.140. The van der Waals surface area contributed by atoms with Crippen LogP contribution < -0.4 is 0 Å². The summed E-state index contributed by atoms with van der Waals surface area (Å²) in [5.41, 5.74) is 6.27. The van der Waals surface area contributed by atoms with Crippen LogP contribution in [0, 0.1) is 13.8 Å². The number of aromatic nitrogens is 4. The molecule has 0 amide bonds. The molecule has 0 spiro atoms. The zero-order valence-electron chi connectivity index (χ0n) is 20.2. The van der Waals surface area contributed by atoms with Crippen molar-refractivity contribution in [3.8, 4) is 0 Å². The second-order valence-corrected chi connectivity index (χ2v) is 8.35. The van der Waals surface area contributed by atoms with E-state index in [9.17, 15) is 9.59 Å². The number of hydrogen-bond acceptors (Lipinski definition) is 5. The van der Waals surface area contributed by atoms with Gasteiger partial charge in [-0.05, 0) is 25.0 Å². The molecule has 0 bridgehead atoms. The van der Waals surface area contributed by atoms with Crippen molar-refractivity contribution in [3.05, 3.63) is 107 Å². The van der Waals surface area contributed by atoms with E-state index in [1.807, 2.05) is 34.3 Å². The monoisotopic (exact) mass is 474 g/mol. The SMILES string of the molecule is COC(=O)Cc1cncn1Cc1ccc(C)cc1.Cc1cccc(Cn2cnc(CC(=O)O)c2)c1. The molecule has 0 radical (unpaired) electrons. The summed E-state index contributed by atoms with van der Waals surface area (Å²) in [5, 5.41) is 8.65. The molecule has 0 aliphatic carbocycles. The number of imidazole rings is 2.